The zero-order valence-corrected chi connectivity index (χ0v) is 17.6. The van der Waals surface area contributed by atoms with Gasteiger partial charge < -0.3 is 19.9 Å². The third kappa shape index (κ3) is 4.24. The zero-order chi connectivity index (χ0) is 21.9. The van der Waals surface area contributed by atoms with Crippen molar-refractivity contribution in [2.45, 2.75) is 26.0 Å². The smallest absolute Gasteiger partial charge is 0.333 e. The zero-order valence-electron chi connectivity index (χ0n) is 16.8. The fraction of sp³-hybridized carbons (Fsp3) is 0.286. The number of rotatable bonds is 7. The number of fused-ring (bicyclic) bond motifs is 1. The highest BCUT2D eigenvalue weighted by Crippen LogP contribution is 2.23. The first kappa shape index (κ1) is 21.6. The molecule has 158 valence electrons. The van der Waals surface area contributed by atoms with Crippen LogP contribution in [0.5, 0.6) is 5.75 Å². The van der Waals surface area contributed by atoms with Crippen molar-refractivity contribution in [2.24, 2.45) is 0 Å². The number of benzene rings is 1. The fourth-order valence-corrected chi connectivity index (χ4v) is 3.17. The molecule has 3 aromatic rings. The van der Waals surface area contributed by atoms with Crippen molar-refractivity contribution >= 4 is 29.0 Å². The third-order valence-corrected chi connectivity index (χ3v) is 5.07. The lowest BCUT2D eigenvalue weighted by molar-refractivity contribution is -0.149. The van der Waals surface area contributed by atoms with Gasteiger partial charge in [-0.1, -0.05) is 29.8 Å². The number of carbonyl (C=O) groups excluding carboxylic acids is 2. The number of esters is 1. The van der Waals surface area contributed by atoms with Crippen molar-refractivity contribution < 1.29 is 24.2 Å². The summed E-state index contributed by atoms with van der Waals surface area (Å²) in [7, 11) is 1.19. The van der Waals surface area contributed by atoms with E-state index >= 15 is 0 Å². The van der Waals surface area contributed by atoms with Crippen molar-refractivity contribution in [3.8, 4) is 5.75 Å². The van der Waals surface area contributed by atoms with Crippen molar-refractivity contribution in [3.05, 3.63) is 64.4 Å². The monoisotopic (exact) mass is 431 g/mol. The van der Waals surface area contributed by atoms with E-state index in [1.165, 1.54) is 14.0 Å². The van der Waals surface area contributed by atoms with E-state index in [0.29, 0.717) is 22.0 Å². The Bertz CT molecular complexity index is 1100. The maximum absolute atomic E-state index is 12.9. The maximum atomic E-state index is 12.9. The van der Waals surface area contributed by atoms with E-state index in [4.69, 9.17) is 16.3 Å². The number of methoxy groups -OCH3 is 1. The number of nitrogens with one attached hydrogen (secondary N) is 1. The number of aromatic nitrogens is 2. The van der Waals surface area contributed by atoms with Crippen LogP contribution in [0.1, 0.15) is 28.5 Å². The lowest BCUT2D eigenvalue weighted by Gasteiger charge is -2.25. The molecule has 0 spiro atoms. The van der Waals surface area contributed by atoms with Gasteiger partial charge in [0, 0.05) is 22.8 Å². The first-order valence-electron chi connectivity index (χ1n) is 9.16. The number of aliphatic hydroxyl groups excluding tert-OH is 1. The van der Waals surface area contributed by atoms with Crippen molar-refractivity contribution in [3.63, 3.8) is 0 Å². The second-order valence-electron chi connectivity index (χ2n) is 6.97. The summed E-state index contributed by atoms with van der Waals surface area (Å²) in [6, 6.07) is 10.8. The fourth-order valence-electron chi connectivity index (χ4n) is 2.98. The summed E-state index contributed by atoms with van der Waals surface area (Å²) in [4.78, 5) is 24.9. The molecule has 0 aliphatic carbocycles. The first-order valence-corrected chi connectivity index (χ1v) is 9.54. The largest absolute Gasteiger partial charge is 0.489 e. The molecule has 1 aromatic carbocycles. The second kappa shape index (κ2) is 8.73. The Morgan fingerprint density at radius 3 is 2.70 bits per heavy atom. The number of halogens is 1. The van der Waals surface area contributed by atoms with Crippen LogP contribution < -0.4 is 10.1 Å². The van der Waals surface area contributed by atoms with Crippen LogP contribution in [-0.4, -0.2) is 45.9 Å². The number of pyridine rings is 1. The Balaban J connectivity index is 1.89. The molecule has 0 fully saturated rings. The van der Waals surface area contributed by atoms with Crippen LogP contribution >= 0.6 is 11.6 Å². The van der Waals surface area contributed by atoms with Gasteiger partial charge in [-0.2, -0.15) is 5.10 Å². The van der Waals surface area contributed by atoms with Crippen molar-refractivity contribution in [1.82, 2.24) is 14.9 Å². The number of carbonyl (C=O) groups is 2. The van der Waals surface area contributed by atoms with Gasteiger partial charge in [0.05, 0.1) is 30.5 Å². The van der Waals surface area contributed by atoms with Gasteiger partial charge >= 0.3 is 5.97 Å². The average Bonchev–Trinajstić information content (AvgIpc) is 3.07. The van der Waals surface area contributed by atoms with E-state index in [0.717, 1.165) is 5.56 Å². The van der Waals surface area contributed by atoms with Gasteiger partial charge in [0.15, 0.2) is 5.54 Å². The number of nitrogens with zero attached hydrogens (tertiary/aromatic N) is 2. The highest BCUT2D eigenvalue weighted by Gasteiger charge is 2.36. The average molecular weight is 432 g/mol. The predicted octanol–water partition coefficient (Wildman–Crippen LogP) is 2.53. The number of hydrogen-bond acceptors (Lipinski definition) is 6. The molecule has 2 N–H and O–H groups in total. The number of amides is 1. The molecule has 0 radical (unpaired) electrons. The minimum atomic E-state index is -1.58. The molecule has 0 aliphatic heterocycles. The molecule has 0 saturated heterocycles. The van der Waals surface area contributed by atoms with E-state index in [1.54, 1.807) is 35.8 Å². The molecule has 3 rings (SSSR count). The van der Waals surface area contributed by atoms with E-state index < -0.39 is 24.0 Å². The molecule has 30 heavy (non-hydrogen) atoms. The molecule has 2 aromatic heterocycles. The normalized spacial score (nSPS) is 13.0. The van der Waals surface area contributed by atoms with Gasteiger partial charge in [-0.15, -0.1) is 0 Å². The Kier molecular flexibility index (Phi) is 6.28. The molecule has 0 saturated carbocycles. The van der Waals surface area contributed by atoms with E-state index in [1.807, 2.05) is 18.2 Å². The Morgan fingerprint density at radius 1 is 1.30 bits per heavy atom. The second-order valence-corrected chi connectivity index (χ2v) is 7.38. The minimum absolute atomic E-state index is 0.259. The van der Waals surface area contributed by atoms with Crippen LogP contribution in [0.2, 0.25) is 5.02 Å². The highest BCUT2D eigenvalue weighted by molar-refractivity contribution is 6.31. The predicted molar refractivity (Wildman–Crippen MR) is 111 cm³/mol. The van der Waals surface area contributed by atoms with Gasteiger partial charge in [-0.3, -0.25) is 4.79 Å². The van der Waals surface area contributed by atoms with E-state index in [2.05, 4.69) is 15.2 Å². The van der Waals surface area contributed by atoms with E-state index in [9.17, 15) is 14.7 Å². The number of aryl methyl sites for hydroxylation is 1. The van der Waals surface area contributed by atoms with Gasteiger partial charge in [0.25, 0.3) is 5.91 Å². The Hall–Kier alpha value is -3.10. The Morgan fingerprint density at radius 2 is 2.03 bits per heavy atom. The molecule has 2 heterocycles. The molecule has 8 nitrogen and oxygen atoms in total. The molecule has 0 aliphatic rings. The number of ether oxygens (including phenoxy) is 2. The highest BCUT2D eigenvalue weighted by atomic mass is 35.5. The molecular formula is C21H22ClN3O5. The third-order valence-electron chi connectivity index (χ3n) is 4.70. The van der Waals surface area contributed by atoms with Gasteiger partial charge in [-0.25, -0.2) is 9.31 Å². The molecule has 1 atom stereocenters. The minimum Gasteiger partial charge on any atom is -0.489 e. The van der Waals surface area contributed by atoms with Gasteiger partial charge in [0.1, 0.15) is 12.4 Å². The first-order chi connectivity index (χ1) is 14.3. The van der Waals surface area contributed by atoms with Crippen LogP contribution in [-0.2, 0) is 16.1 Å². The van der Waals surface area contributed by atoms with Crippen LogP contribution in [0.25, 0.3) is 5.52 Å². The van der Waals surface area contributed by atoms with Crippen LogP contribution in [0, 0.1) is 6.92 Å². The SMILES string of the molecule is COC(=O)C(C)(CO)NC(=O)c1c(C)nn2ccc(OCc3ccccc3Cl)cc12. The lowest BCUT2D eigenvalue weighted by atomic mass is 10.0. The van der Waals surface area contributed by atoms with Crippen LogP contribution in [0.4, 0.5) is 0 Å². The summed E-state index contributed by atoms with van der Waals surface area (Å²) >= 11 is 6.16. The topological polar surface area (TPSA) is 102 Å². The van der Waals surface area contributed by atoms with Gasteiger partial charge in [0.2, 0.25) is 0 Å². The summed E-state index contributed by atoms with van der Waals surface area (Å²) in [6.45, 7) is 2.71. The maximum Gasteiger partial charge on any atom is 0.333 e. The summed E-state index contributed by atoms with van der Waals surface area (Å²) in [5, 5.41) is 17.1. The molecule has 1 unspecified atom stereocenters. The summed E-state index contributed by atoms with van der Waals surface area (Å²) in [6.07, 6.45) is 1.67. The number of hydrogen-bond donors (Lipinski definition) is 2. The quantitative estimate of drug-likeness (QED) is 0.557. The van der Waals surface area contributed by atoms with Crippen molar-refractivity contribution in [1.29, 1.82) is 0 Å². The van der Waals surface area contributed by atoms with Crippen LogP contribution in [0.15, 0.2) is 42.6 Å². The Labute approximate surface area is 178 Å². The molecule has 1 amide bonds. The lowest BCUT2D eigenvalue weighted by Crippen LogP contribution is -2.55. The van der Waals surface area contributed by atoms with Crippen LogP contribution in [0.3, 0.4) is 0 Å². The standard InChI is InChI=1S/C21H22ClN3O5/c1-13-18(19(27)23-21(2,12-26)20(28)29-3)17-10-15(8-9-25(17)24-13)30-11-14-6-4-5-7-16(14)22/h4-10,26H,11-12H2,1-3H3,(H,23,27). The van der Waals surface area contributed by atoms with Crippen molar-refractivity contribution in [2.75, 3.05) is 13.7 Å². The molecule has 0 bridgehead atoms. The summed E-state index contributed by atoms with van der Waals surface area (Å²) < 4.78 is 12.1. The van der Waals surface area contributed by atoms with E-state index in [-0.39, 0.29) is 12.2 Å². The van der Waals surface area contributed by atoms with Gasteiger partial charge in [-0.05, 0) is 26.0 Å². The summed E-state index contributed by atoms with van der Waals surface area (Å²) in [5.41, 5.74) is 0.470. The summed E-state index contributed by atoms with van der Waals surface area (Å²) in [5.74, 6) is -0.793. The molecule has 9 heteroatoms. The number of aliphatic hydroxyl groups is 1. The molecular weight excluding hydrogens is 410 g/mol.